The summed E-state index contributed by atoms with van der Waals surface area (Å²) < 4.78 is 53.1. The van der Waals surface area contributed by atoms with E-state index in [4.69, 9.17) is 4.84 Å². The molecule has 13 heteroatoms. The van der Waals surface area contributed by atoms with Crippen molar-refractivity contribution in [2.75, 3.05) is 13.6 Å². The van der Waals surface area contributed by atoms with E-state index in [9.17, 15) is 27.2 Å². The van der Waals surface area contributed by atoms with Crippen LogP contribution in [0.5, 0.6) is 0 Å². The van der Waals surface area contributed by atoms with Crippen LogP contribution in [0.3, 0.4) is 0 Å². The van der Waals surface area contributed by atoms with Crippen molar-refractivity contribution in [2.45, 2.75) is 37.3 Å². The summed E-state index contributed by atoms with van der Waals surface area (Å²) in [5.41, 5.74) is 3.12. The van der Waals surface area contributed by atoms with Crippen LogP contribution in [0.2, 0.25) is 0 Å². The Balaban J connectivity index is 2.37. The molecule has 0 saturated heterocycles. The summed E-state index contributed by atoms with van der Waals surface area (Å²) in [5.74, 6) is -1.06. The summed E-state index contributed by atoms with van der Waals surface area (Å²) >= 11 is -2.84. The number of benzene rings is 2. The van der Waals surface area contributed by atoms with Gasteiger partial charge in [-0.2, -0.15) is 5.06 Å². The largest absolute Gasteiger partial charge is 0.748 e. The lowest BCUT2D eigenvalue weighted by Gasteiger charge is -2.30. The van der Waals surface area contributed by atoms with Gasteiger partial charge in [-0.25, -0.2) is 22.4 Å². The standard InChI is InChI=1S/C20H27N3O8S2/c1-15(2)30-23(19(20(24)21-25)13-14-22(3)31-32(26)27)33(28,29)18-11-9-17(10-12-18)16-7-5-4-6-8-16/h4-12,15,19,25H,13-14H2,1-3H3,(H,21,24)(H,26,27)/p-1. The number of rotatable bonds is 12. The molecule has 0 spiro atoms. The third-order valence-electron chi connectivity index (χ3n) is 4.38. The van der Waals surface area contributed by atoms with E-state index < -0.39 is 39.4 Å². The first-order valence-corrected chi connectivity index (χ1v) is 12.3. The molecule has 2 atom stereocenters. The van der Waals surface area contributed by atoms with Gasteiger partial charge in [0.25, 0.3) is 15.9 Å². The molecule has 2 unspecified atom stereocenters. The summed E-state index contributed by atoms with van der Waals surface area (Å²) in [7, 11) is -3.08. The zero-order valence-corrected chi connectivity index (χ0v) is 19.9. The molecular weight excluding hydrogens is 474 g/mol. The van der Waals surface area contributed by atoms with Gasteiger partial charge in [0.1, 0.15) is 17.4 Å². The van der Waals surface area contributed by atoms with Crippen LogP contribution in [-0.2, 0) is 35.3 Å². The molecule has 2 aromatic rings. The Hall–Kier alpha value is -2.23. The molecule has 0 radical (unpaired) electrons. The molecule has 11 nitrogen and oxygen atoms in total. The average Bonchev–Trinajstić information content (AvgIpc) is 2.78. The molecule has 0 fully saturated rings. The van der Waals surface area contributed by atoms with Gasteiger partial charge >= 0.3 is 0 Å². The number of sulfonamides is 1. The van der Waals surface area contributed by atoms with Crippen molar-refractivity contribution in [1.29, 1.82) is 0 Å². The van der Waals surface area contributed by atoms with Crippen molar-refractivity contribution in [3.05, 3.63) is 54.6 Å². The minimum Gasteiger partial charge on any atom is -0.748 e. The molecule has 182 valence electrons. The van der Waals surface area contributed by atoms with Gasteiger partial charge in [-0.15, -0.1) is 0 Å². The van der Waals surface area contributed by atoms with Crippen LogP contribution >= 0.6 is 0 Å². The number of amides is 1. The highest BCUT2D eigenvalue weighted by Gasteiger charge is 2.38. The van der Waals surface area contributed by atoms with E-state index in [1.807, 2.05) is 30.3 Å². The summed E-state index contributed by atoms with van der Waals surface area (Å²) in [6.45, 7) is 2.97. The Labute approximate surface area is 195 Å². The zero-order chi connectivity index (χ0) is 24.6. The Morgan fingerprint density at radius 1 is 1.12 bits per heavy atom. The van der Waals surface area contributed by atoms with Gasteiger partial charge in [0.15, 0.2) is 0 Å². The van der Waals surface area contributed by atoms with E-state index >= 15 is 0 Å². The van der Waals surface area contributed by atoms with Gasteiger partial charge in [0.05, 0.1) is 11.0 Å². The Morgan fingerprint density at radius 3 is 2.21 bits per heavy atom. The molecule has 0 aliphatic heterocycles. The van der Waals surface area contributed by atoms with Gasteiger partial charge in [-0.3, -0.25) is 14.8 Å². The van der Waals surface area contributed by atoms with E-state index in [-0.39, 0.29) is 17.9 Å². The lowest BCUT2D eigenvalue weighted by atomic mass is 10.1. The fourth-order valence-electron chi connectivity index (χ4n) is 2.91. The van der Waals surface area contributed by atoms with E-state index in [1.54, 1.807) is 26.0 Å². The predicted molar refractivity (Wildman–Crippen MR) is 118 cm³/mol. The molecule has 0 aliphatic carbocycles. The summed E-state index contributed by atoms with van der Waals surface area (Å²) in [6, 6.07) is 13.9. The molecule has 1 amide bonds. The average molecular weight is 501 g/mol. The normalized spacial score (nSPS) is 13.9. The van der Waals surface area contributed by atoms with Gasteiger partial charge in [-0.1, -0.05) is 46.9 Å². The van der Waals surface area contributed by atoms with E-state index in [0.29, 0.717) is 4.47 Å². The maximum absolute atomic E-state index is 13.4. The molecule has 0 bridgehead atoms. The number of nitrogens with zero attached hydrogens (tertiary/aromatic N) is 2. The van der Waals surface area contributed by atoms with E-state index in [2.05, 4.69) is 4.28 Å². The fraction of sp³-hybridized carbons (Fsp3) is 0.350. The van der Waals surface area contributed by atoms with E-state index in [0.717, 1.165) is 16.2 Å². The topological polar surface area (TPSA) is 149 Å². The summed E-state index contributed by atoms with van der Waals surface area (Å²) in [5, 5.41) is 10.1. The van der Waals surface area contributed by atoms with Gasteiger partial charge < -0.3 is 4.55 Å². The Bertz CT molecular complexity index is 1030. The number of hydroxylamine groups is 4. The van der Waals surface area contributed by atoms with Crippen molar-refractivity contribution in [3.63, 3.8) is 0 Å². The molecule has 0 saturated carbocycles. The third-order valence-corrected chi connectivity index (χ3v) is 6.44. The van der Waals surface area contributed by atoms with Crippen molar-refractivity contribution < 1.29 is 36.3 Å². The first kappa shape index (κ1) is 27.0. The number of hydrogen-bond acceptors (Lipinski definition) is 9. The minimum absolute atomic E-state index is 0.135. The van der Waals surface area contributed by atoms with Crippen LogP contribution in [0.25, 0.3) is 11.1 Å². The second-order valence-electron chi connectivity index (χ2n) is 7.22. The molecule has 0 aliphatic rings. The lowest BCUT2D eigenvalue weighted by Crippen LogP contribution is -2.50. The van der Waals surface area contributed by atoms with Crippen LogP contribution in [0.15, 0.2) is 59.5 Å². The molecule has 2 aromatic carbocycles. The molecular formula is C20H26N3O8S2-. The van der Waals surface area contributed by atoms with Gasteiger partial charge in [0, 0.05) is 13.6 Å². The zero-order valence-electron chi connectivity index (χ0n) is 18.3. The highest BCUT2D eigenvalue weighted by molar-refractivity contribution is 7.89. The van der Waals surface area contributed by atoms with Crippen molar-refractivity contribution in [2.24, 2.45) is 0 Å². The number of carbonyl (C=O) groups is 1. The number of carbonyl (C=O) groups excluding carboxylic acids is 1. The Kier molecular flexibility index (Phi) is 10.1. The van der Waals surface area contributed by atoms with Crippen LogP contribution in [0.4, 0.5) is 0 Å². The maximum atomic E-state index is 13.4. The van der Waals surface area contributed by atoms with Crippen molar-refractivity contribution >= 4 is 27.3 Å². The quantitative estimate of drug-likeness (QED) is 0.252. The molecule has 0 aromatic heterocycles. The minimum atomic E-state index is -4.36. The van der Waals surface area contributed by atoms with Crippen LogP contribution < -0.4 is 5.48 Å². The van der Waals surface area contributed by atoms with Crippen molar-refractivity contribution in [3.8, 4) is 11.1 Å². The predicted octanol–water partition coefficient (Wildman–Crippen LogP) is 1.61. The highest BCUT2D eigenvalue weighted by Crippen LogP contribution is 2.25. The summed E-state index contributed by atoms with van der Waals surface area (Å²) in [6.07, 6.45) is -0.894. The first-order valence-electron chi connectivity index (χ1n) is 9.85. The number of nitrogens with one attached hydrogen (secondary N) is 1. The van der Waals surface area contributed by atoms with Crippen molar-refractivity contribution in [1.82, 2.24) is 15.0 Å². The van der Waals surface area contributed by atoms with Crippen LogP contribution in [-0.4, -0.2) is 63.6 Å². The fourth-order valence-corrected chi connectivity index (χ4v) is 4.70. The molecule has 2 N–H and O–H groups in total. The van der Waals surface area contributed by atoms with E-state index in [1.165, 1.54) is 24.7 Å². The number of hydrogen-bond donors (Lipinski definition) is 2. The lowest BCUT2D eigenvalue weighted by molar-refractivity contribution is -0.169. The second-order valence-corrected chi connectivity index (χ2v) is 9.55. The van der Waals surface area contributed by atoms with Gasteiger partial charge in [0.2, 0.25) is 0 Å². The Morgan fingerprint density at radius 2 is 1.70 bits per heavy atom. The first-order chi connectivity index (χ1) is 15.6. The molecule has 0 heterocycles. The van der Waals surface area contributed by atoms with Crippen LogP contribution in [0, 0.1) is 0 Å². The smallest absolute Gasteiger partial charge is 0.265 e. The summed E-state index contributed by atoms with van der Waals surface area (Å²) in [4.78, 5) is 17.7. The highest BCUT2D eigenvalue weighted by atomic mass is 32.2. The SMILES string of the molecule is CC(C)ON(C(CCN(C)OS(=O)[O-])C(=O)NO)S(=O)(=O)c1ccc(-c2ccccc2)cc1. The second kappa shape index (κ2) is 12.3. The van der Waals surface area contributed by atoms with Gasteiger partial charge in [-0.05, 0) is 43.5 Å². The monoisotopic (exact) mass is 500 g/mol. The maximum Gasteiger partial charge on any atom is 0.265 e. The third kappa shape index (κ3) is 7.65. The molecule has 33 heavy (non-hydrogen) atoms. The molecule has 2 rings (SSSR count). The van der Waals surface area contributed by atoms with Crippen LogP contribution in [0.1, 0.15) is 20.3 Å².